The van der Waals surface area contributed by atoms with Crippen molar-refractivity contribution in [1.29, 1.82) is 5.26 Å². The minimum atomic E-state index is -0.579. The predicted molar refractivity (Wildman–Crippen MR) is 111 cm³/mol. The zero-order chi connectivity index (χ0) is 21.1. The van der Waals surface area contributed by atoms with Gasteiger partial charge in [0.25, 0.3) is 5.91 Å². The highest BCUT2D eigenvalue weighted by Crippen LogP contribution is 2.22. The maximum Gasteiger partial charge on any atom is 0.306 e. The first-order chi connectivity index (χ1) is 14.0. The Morgan fingerprint density at radius 1 is 1.17 bits per heavy atom. The van der Waals surface area contributed by atoms with Gasteiger partial charge in [-0.25, -0.2) is 4.39 Å². The van der Waals surface area contributed by atoms with Crippen LogP contribution in [0.3, 0.4) is 0 Å². The van der Waals surface area contributed by atoms with Crippen LogP contribution in [0.5, 0.6) is 0 Å². The molecule has 0 spiro atoms. The van der Waals surface area contributed by atoms with Gasteiger partial charge in [-0.2, -0.15) is 5.26 Å². The molecule has 0 aliphatic heterocycles. The van der Waals surface area contributed by atoms with Crippen LogP contribution in [-0.2, 0) is 14.3 Å². The standard InChI is InChI=1S/C21H20ClFN2O3S/c22-16-8-10-17(11-9-16)29-14-3-7-21(27)28-15-20(26)25(13-4-12-24)19-6-2-1-5-18(19)23/h1-2,5-6,8-11H,3-4,7,13-15H2. The number of para-hydroxylation sites is 1. The van der Waals surface area contributed by atoms with E-state index in [0.29, 0.717) is 17.2 Å². The van der Waals surface area contributed by atoms with E-state index in [2.05, 4.69) is 0 Å². The zero-order valence-corrected chi connectivity index (χ0v) is 17.2. The molecule has 0 aliphatic carbocycles. The highest BCUT2D eigenvalue weighted by atomic mass is 35.5. The first kappa shape index (κ1) is 22.7. The minimum absolute atomic E-state index is 0.0194. The van der Waals surface area contributed by atoms with E-state index >= 15 is 0 Å². The van der Waals surface area contributed by atoms with Crippen molar-refractivity contribution in [3.05, 3.63) is 59.4 Å². The Balaban J connectivity index is 1.78. The molecule has 8 heteroatoms. The van der Waals surface area contributed by atoms with E-state index in [1.165, 1.54) is 18.2 Å². The predicted octanol–water partition coefficient (Wildman–Crippen LogP) is 4.84. The number of carbonyl (C=O) groups excluding carboxylic acids is 2. The summed E-state index contributed by atoms with van der Waals surface area (Å²) in [7, 11) is 0. The number of nitriles is 1. The van der Waals surface area contributed by atoms with Crippen molar-refractivity contribution in [2.75, 3.05) is 23.8 Å². The molecule has 0 saturated heterocycles. The van der Waals surface area contributed by atoms with Gasteiger partial charge in [0.15, 0.2) is 6.61 Å². The number of anilines is 1. The van der Waals surface area contributed by atoms with Crippen molar-refractivity contribution in [2.24, 2.45) is 0 Å². The summed E-state index contributed by atoms with van der Waals surface area (Å²) in [5, 5.41) is 9.44. The summed E-state index contributed by atoms with van der Waals surface area (Å²) < 4.78 is 19.0. The van der Waals surface area contributed by atoms with Crippen LogP contribution in [0.2, 0.25) is 5.02 Å². The molecule has 2 aromatic rings. The third-order valence-electron chi connectivity index (χ3n) is 3.86. The molecule has 0 aromatic heterocycles. The average Bonchev–Trinajstić information content (AvgIpc) is 2.72. The van der Waals surface area contributed by atoms with Gasteiger partial charge in [-0.1, -0.05) is 23.7 Å². The number of hydrogen-bond acceptors (Lipinski definition) is 5. The first-order valence-electron chi connectivity index (χ1n) is 8.97. The van der Waals surface area contributed by atoms with Gasteiger partial charge in [0.2, 0.25) is 0 Å². The van der Waals surface area contributed by atoms with Crippen molar-refractivity contribution in [3.63, 3.8) is 0 Å². The fourth-order valence-electron chi connectivity index (χ4n) is 2.44. The molecule has 29 heavy (non-hydrogen) atoms. The molecular weight excluding hydrogens is 415 g/mol. The molecule has 0 aliphatic rings. The van der Waals surface area contributed by atoms with E-state index in [-0.39, 0.29) is 25.1 Å². The highest BCUT2D eigenvalue weighted by molar-refractivity contribution is 7.99. The summed E-state index contributed by atoms with van der Waals surface area (Å²) >= 11 is 7.43. The first-order valence-corrected chi connectivity index (χ1v) is 10.3. The van der Waals surface area contributed by atoms with Crippen LogP contribution < -0.4 is 4.90 Å². The number of esters is 1. The number of halogens is 2. The molecule has 2 aromatic carbocycles. The fourth-order valence-corrected chi connectivity index (χ4v) is 3.42. The summed E-state index contributed by atoms with van der Waals surface area (Å²) in [4.78, 5) is 26.5. The van der Waals surface area contributed by atoms with E-state index in [4.69, 9.17) is 21.6 Å². The monoisotopic (exact) mass is 434 g/mol. The number of thioether (sulfide) groups is 1. The molecule has 0 saturated carbocycles. The van der Waals surface area contributed by atoms with E-state index in [1.54, 1.807) is 30.0 Å². The number of nitrogens with zero attached hydrogens (tertiary/aromatic N) is 2. The summed E-state index contributed by atoms with van der Waals surface area (Å²) in [5.74, 6) is -0.934. The molecule has 0 unspecified atom stereocenters. The van der Waals surface area contributed by atoms with Crippen molar-refractivity contribution in [1.82, 2.24) is 0 Å². The van der Waals surface area contributed by atoms with Crippen LogP contribution in [0, 0.1) is 17.1 Å². The second kappa shape index (κ2) is 12.1. The van der Waals surface area contributed by atoms with Gasteiger partial charge in [0.05, 0.1) is 18.2 Å². The van der Waals surface area contributed by atoms with Crippen molar-refractivity contribution < 1.29 is 18.7 Å². The lowest BCUT2D eigenvalue weighted by atomic mass is 10.2. The molecule has 0 atom stereocenters. The zero-order valence-electron chi connectivity index (χ0n) is 15.6. The third kappa shape index (κ3) is 7.76. The number of ether oxygens (including phenoxy) is 1. The lowest BCUT2D eigenvalue weighted by Gasteiger charge is -2.22. The Morgan fingerprint density at radius 3 is 2.59 bits per heavy atom. The van der Waals surface area contributed by atoms with Crippen molar-refractivity contribution in [3.8, 4) is 6.07 Å². The molecule has 0 fully saturated rings. The van der Waals surface area contributed by atoms with Crippen molar-refractivity contribution >= 4 is 40.9 Å². The molecule has 2 rings (SSSR count). The van der Waals surface area contributed by atoms with E-state index < -0.39 is 24.3 Å². The number of carbonyl (C=O) groups is 2. The van der Waals surface area contributed by atoms with Crippen LogP contribution >= 0.6 is 23.4 Å². The second-order valence-electron chi connectivity index (χ2n) is 5.97. The summed E-state index contributed by atoms with van der Waals surface area (Å²) in [6, 6.07) is 15.1. The molecular formula is C21H20ClFN2O3S. The lowest BCUT2D eigenvalue weighted by molar-refractivity contribution is -0.147. The maximum atomic E-state index is 14.0. The van der Waals surface area contributed by atoms with Gasteiger partial charge in [-0.15, -0.1) is 11.8 Å². The molecule has 0 bridgehead atoms. The Hall–Kier alpha value is -2.56. The Kier molecular flexibility index (Phi) is 9.48. The maximum absolute atomic E-state index is 14.0. The van der Waals surface area contributed by atoms with Gasteiger partial charge in [-0.05, 0) is 48.6 Å². The molecule has 152 valence electrons. The molecule has 1 amide bonds. The Labute approximate surface area is 178 Å². The largest absolute Gasteiger partial charge is 0.456 e. The highest BCUT2D eigenvalue weighted by Gasteiger charge is 2.20. The van der Waals surface area contributed by atoms with Crippen molar-refractivity contribution in [2.45, 2.75) is 24.2 Å². The smallest absolute Gasteiger partial charge is 0.306 e. The van der Waals surface area contributed by atoms with Gasteiger partial charge in [-0.3, -0.25) is 9.59 Å². The van der Waals surface area contributed by atoms with Gasteiger partial charge in [0.1, 0.15) is 5.82 Å². The average molecular weight is 435 g/mol. The van der Waals surface area contributed by atoms with E-state index in [9.17, 15) is 14.0 Å². The third-order valence-corrected chi connectivity index (χ3v) is 5.21. The fraction of sp³-hybridized carbons (Fsp3) is 0.286. The number of hydrogen-bond donors (Lipinski definition) is 0. The number of amides is 1. The molecule has 0 radical (unpaired) electrons. The summed E-state index contributed by atoms with van der Waals surface area (Å²) in [6.45, 7) is -0.478. The van der Waals surface area contributed by atoms with E-state index in [0.717, 1.165) is 9.80 Å². The van der Waals surface area contributed by atoms with E-state index in [1.807, 2.05) is 18.2 Å². The van der Waals surface area contributed by atoms with Crippen LogP contribution in [0.4, 0.5) is 10.1 Å². The lowest BCUT2D eigenvalue weighted by Crippen LogP contribution is -2.36. The van der Waals surface area contributed by atoms with Gasteiger partial charge in [0, 0.05) is 22.9 Å². The quantitative estimate of drug-likeness (QED) is 0.304. The normalized spacial score (nSPS) is 10.2. The van der Waals surface area contributed by atoms with Gasteiger partial charge < -0.3 is 9.64 Å². The molecule has 0 heterocycles. The number of benzene rings is 2. The van der Waals surface area contributed by atoms with Crippen LogP contribution in [0.15, 0.2) is 53.4 Å². The topological polar surface area (TPSA) is 70.4 Å². The minimum Gasteiger partial charge on any atom is -0.456 e. The van der Waals surface area contributed by atoms with Gasteiger partial charge >= 0.3 is 5.97 Å². The Morgan fingerprint density at radius 2 is 1.90 bits per heavy atom. The molecule has 0 N–H and O–H groups in total. The SMILES string of the molecule is N#CCCN(C(=O)COC(=O)CCCSc1ccc(Cl)cc1)c1ccccc1F. The Bertz CT molecular complexity index is 871. The summed E-state index contributed by atoms with van der Waals surface area (Å²) in [6.07, 6.45) is 0.799. The summed E-state index contributed by atoms with van der Waals surface area (Å²) in [5.41, 5.74) is 0.0585. The van der Waals surface area contributed by atoms with Crippen LogP contribution in [0.1, 0.15) is 19.3 Å². The second-order valence-corrected chi connectivity index (χ2v) is 7.58. The van der Waals surface area contributed by atoms with Crippen LogP contribution in [-0.4, -0.2) is 30.8 Å². The molecule has 5 nitrogen and oxygen atoms in total. The number of rotatable bonds is 10. The van der Waals surface area contributed by atoms with Crippen LogP contribution in [0.25, 0.3) is 0 Å².